The second-order valence-corrected chi connectivity index (χ2v) is 9.08. The number of carbonyl (C=O) groups excluding carboxylic acids is 1. The van der Waals surface area contributed by atoms with E-state index in [2.05, 4.69) is 20.4 Å². The number of rotatable bonds is 3. The monoisotopic (exact) mass is 455 g/mol. The summed E-state index contributed by atoms with van der Waals surface area (Å²) in [5.74, 6) is -0.477. The predicted molar refractivity (Wildman–Crippen MR) is 120 cm³/mol. The van der Waals surface area contributed by atoms with E-state index < -0.39 is 11.7 Å². The second kappa shape index (κ2) is 7.44. The van der Waals surface area contributed by atoms with Crippen molar-refractivity contribution in [2.24, 2.45) is 0 Å². The minimum atomic E-state index is -0.695. The maximum atomic E-state index is 15.5. The van der Waals surface area contributed by atoms with Crippen molar-refractivity contribution in [3.05, 3.63) is 53.0 Å². The van der Waals surface area contributed by atoms with Crippen molar-refractivity contribution in [1.29, 1.82) is 0 Å². The third kappa shape index (κ3) is 3.02. The molecule has 0 saturated heterocycles. The molecule has 2 aliphatic rings. The topological polar surface area (TPSA) is 102 Å². The van der Waals surface area contributed by atoms with E-state index in [1.54, 1.807) is 32.7 Å². The first-order valence-electron chi connectivity index (χ1n) is 10.4. The lowest BCUT2D eigenvalue weighted by Gasteiger charge is -2.25. The standard InChI is InChI=1S/C22H23ClFN7O/c1-30(2)21(32)16-15(25)4-3-13(19(16)24)14-8-27-20-17(18(14)23)22(9-28-20)6-5-12(7-22)31-11-26-10-29-31/h3-4,8,10-12H,5-7,9,25H2,1-2H3,(H,27,28). The van der Waals surface area contributed by atoms with Crippen LogP contribution in [0.15, 0.2) is 31.0 Å². The number of hydrogen-bond donors (Lipinski definition) is 2. The fraction of sp³-hybridized carbons (Fsp3) is 0.364. The van der Waals surface area contributed by atoms with E-state index in [0.717, 1.165) is 30.6 Å². The molecular weight excluding hydrogens is 433 g/mol. The Morgan fingerprint density at radius 1 is 1.38 bits per heavy atom. The van der Waals surface area contributed by atoms with Crippen LogP contribution in [0, 0.1) is 5.82 Å². The van der Waals surface area contributed by atoms with Gasteiger partial charge in [-0.05, 0) is 31.4 Å². The van der Waals surface area contributed by atoms with Crippen molar-refractivity contribution in [1.82, 2.24) is 24.6 Å². The molecule has 1 aromatic carbocycles. The highest BCUT2D eigenvalue weighted by Crippen LogP contribution is 2.54. The molecule has 3 aromatic rings. The van der Waals surface area contributed by atoms with Crippen LogP contribution in [0.25, 0.3) is 11.1 Å². The van der Waals surface area contributed by atoms with Crippen LogP contribution in [-0.4, -0.2) is 51.2 Å². The first kappa shape index (κ1) is 20.7. The summed E-state index contributed by atoms with van der Waals surface area (Å²) in [5.41, 5.74) is 7.18. The summed E-state index contributed by atoms with van der Waals surface area (Å²) in [6.07, 6.45) is 7.48. The summed E-state index contributed by atoms with van der Waals surface area (Å²) >= 11 is 6.93. The van der Waals surface area contributed by atoms with Crippen molar-refractivity contribution in [2.75, 3.05) is 31.7 Å². The number of aromatic nitrogens is 4. The molecular formula is C22H23ClFN7O. The van der Waals surface area contributed by atoms with E-state index in [-0.39, 0.29) is 28.3 Å². The molecule has 2 unspecified atom stereocenters. The fourth-order valence-electron chi connectivity index (χ4n) is 4.99. The molecule has 1 fully saturated rings. The van der Waals surface area contributed by atoms with E-state index in [4.69, 9.17) is 17.3 Å². The first-order chi connectivity index (χ1) is 15.3. The number of pyridine rings is 1. The molecule has 166 valence electrons. The van der Waals surface area contributed by atoms with E-state index in [1.165, 1.54) is 17.3 Å². The number of benzene rings is 1. The van der Waals surface area contributed by atoms with E-state index in [1.807, 2.05) is 4.68 Å². The number of fused-ring (bicyclic) bond motifs is 2. The lowest BCUT2D eigenvalue weighted by atomic mass is 9.80. The number of hydrogen-bond acceptors (Lipinski definition) is 6. The molecule has 3 heterocycles. The minimum absolute atomic E-state index is 0.0831. The average Bonchev–Trinajstić information content (AvgIpc) is 3.50. The van der Waals surface area contributed by atoms with Crippen LogP contribution in [0.2, 0.25) is 5.02 Å². The Labute approximate surface area is 189 Å². The van der Waals surface area contributed by atoms with Gasteiger partial charge in [0.15, 0.2) is 0 Å². The van der Waals surface area contributed by atoms with Gasteiger partial charge >= 0.3 is 0 Å². The Kier molecular flexibility index (Phi) is 4.81. The third-order valence-corrected chi connectivity index (χ3v) is 7.01. The second-order valence-electron chi connectivity index (χ2n) is 8.71. The van der Waals surface area contributed by atoms with Crippen molar-refractivity contribution in [3.63, 3.8) is 0 Å². The number of nitrogens with one attached hydrogen (secondary N) is 1. The Morgan fingerprint density at radius 3 is 2.91 bits per heavy atom. The van der Waals surface area contributed by atoms with Crippen LogP contribution >= 0.6 is 11.6 Å². The zero-order chi connectivity index (χ0) is 22.6. The van der Waals surface area contributed by atoms with Gasteiger partial charge in [0.05, 0.1) is 16.6 Å². The maximum Gasteiger partial charge on any atom is 0.258 e. The van der Waals surface area contributed by atoms with Gasteiger partial charge in [-0.3, -0.25) is 4.79 Å². The maximum absolute atomic E-state index is 15.5. The Bertz CT molecular complexity index is 1210. The zero-order valence-electron chi connectivity index (χ0n) is 17.8. The first-order valence-corrected chi connectivity index (χ1v) is 10.8. The van der Waals surface area contributed by atoms with Crippen LogP contribution in [0.5, 0.6) is 0 Å². The lowest BCUT2D eigenvalue weighted by molar-refractivity contribution is 0.0824. The number of anilines is 2. The summed E-state index contributed by atoms with van der Waals surface area (Å²) in [5, 5.41) is 8.12. The van der Waals surface area contributed by atoms with Gasteiger partial charge in [-0.2, -0.15) is 5.10 Å². The normalized spacial score (nSPS) is 21.6. The zero-order valence-corrected chi connectivity index (χ0v) is 18.5. The van der Waals surface area contributed by atoms with Crippen LogP contribution in [-0.2, 0) is 5.41 Å². The van der Waals surface area contributed by atoms with Gasteiger partial charge in [-0.1, -0.05) is 11.6 Å². The number of carbonyl (C=O) groups is 1. The number of nitrogen functional groups attached to an aromatic ring is 1. The highest BCUT2D eigenvalue weighted by atomic mass is 35.5. The highest BCUT2D eigenvalue weighted by molar-refractivity contribution is 6.34. The van der Waals surface area contributed by atoms with Gasteiger partial charge in [0.1, 0.15) is 24.3 Å². The largest absolute Gasteiger partial charge is 0.398 e. The molecule has 1 spiro atoms. The van der Waals surface area contributed by atoms with Gasteiger partial charge in [-0.25, -0.2) is 19.0 Å². The summed E-state index contributed by atoms with van der Waals surface area (Å²) in [4.78, 5) is 22.4. The fourth-order valence-corrected chi connectivity index (χ4v) is 5.43. The Balaban J connectivity index is 1.60. The minimum Gasteiger partial charge on any atom is -0.398 e. The molecule has 1 saturated carbocycles. The summed E-state index contributed by atoms with van der Waals surface area (Å²) < 4.78 is 17.4. The molecule has 0 bridgehead atoms. The molecule has 2 aromatic heterocycles. The molecule has 1 aliphatic carbocycles. The molecule has 0 radical (unpaired) electrons. The molecule has 1 aliphatic heterocycles. The average molecular weight is 456 g/mol. The van der Waals surface area contributed by atoms with E-state index in [0.29, 0.717) is 17.1 Å². The number of halogens is 2. The van der Waals surface area contributed by atoms with Gasteiger partial charge in [0, 0.05) is 54.6 Å². The van der Waals surface area contributed by atoms with Crippen molar-refractivity contribution in [3.8, 4) is 11.1 Å². The molecule has 10 heteroatoms. The van der Waals surface area contributed by atoms with Crippen molar-refractivity contribution < 1.29 is 9.18 Å². The highest BCUT2D eigenvalue weighted by Gasteiger charge is 2.48. The van der Waals surface area contributed by atoms with E-state index in [9.17, 15) is 4.79 Å². The predicted octanol–water partition coefficient (Wildman–Crippen LogP) is 3.51. The molecule has 3 N–H and O–H groups in total. The van der Waals surface area contributed by atoms with Crippen molar-refractivity contribution in [2.45, 2.75) is 30.7 Å². The third-order valence-electron chi connectivity index (χ3n) is 6.62. The smallest absolute Gasteiger partial charge is 0.258 e. The van der Waals surface area contributed by atoms with Crippen LogP contribution in [0.3, 0.4) is 0 Å². The van der Waals surface area contributed by atoms with Crippen LogP contribution in [0.1, 0.15) is 41.2 Å². The van der Waals surface area contributed by atoms with Gasteiger partial charge in [-0.15, -0.1) is 0 Å². The van der Waals surface area contributed by atoms with Crippen LogP contribution in [0.4, 0.5) is 15.9 Å². The number of amides is 1. The quantitative estimate of drug-likeness (QED) is 0.586. The lowest BCUT2D eigenvalue weighted by Crippen LogP contribution is -2.26. The van der Waals surface area contributed by atoms with Gasteiger partial charge in [0.2, 0.25) is 0 Å². The molecule has 2 atom stereocenters. The summed E-state index contributed by atoms with van der Waals surface area (Å²) in [7, 11) is 3.11. The number of nitrogens with two attached hydrogens (primary N) is 1. The molecule has 8 nitrogen and oxygen atoms in total. The Hall–Kier alpha value is -3.20. The molecule has 5 rings (SSSR count). The number of nitrogens with zero attached hydrogens (tertiary/aromatic N) is 5. The summed E-state index contributed by atoms with van der Waals surface area (Å²) in [6, 6.07) is 3.29. The van der Waals surface area contributed by atoms with Gasteiger partial charge in [0.25, 0.3) is 5.91 Å². The SMILES string of the molecule is CN(C)C(=O)c1c(N)ccc(-c2cnc3c(c2Cl)C2(CCC(n4cncn4)C2)CN3)c1F. The van der Waals surface area contributed by atoms with Gasteiger partial charge < -0.3 is 16.0 Å². The van der Waals surface area contributed by atoms with E-state index >= 15 is 4.39 Å². The van der Waals surface area contributed by atoms with Crippen molar-refractivity contribution >= 4 is 29.0 Å². The molecule has 1 amide bonds. The Morgan fingerprint density at radius 2 is 2.19 bits per heavy atom. The summed E-state index contributed by atoms with van der Waals surface area (Å²) in [6.45, 7) is 0.707. The molecule has 32 heavy (non-hydrogen) atoms. The van der Waals surface area contributed by atoms with Crippen LogP contribution < -0.4 is 11.1 Å².